The van der Waals surface area contributed by atoms with Gasteiger partial charge in [-0.15, -0.1) is 0 Å². The summed E-state index contributed by atoms with van der Waals surface area (Å²) in [6, 6.07) is 4.35. The summed E-state index contributed by atoms with van der Waals surface area (Å²) in [5.74, 6) is 1.74. The van der Waals surface area contributed by atoms with Gasteiger partial charge in [-0.2, -0.15) is 13.2 Å². The smallest absolute Gasteiger partial charge is 0.353 e. The predicted molar refractivity (Wildman–Crippen MR) is 104 cm³/mol. The molecule has 1 aromatic rings. The second-order valence-corrected chi connectivity index (χ2v) is 7.22. The van der Waals surface area contributed by atoms with E-state index < -0.39 is 11.7 Å². The highest BCUT2D eigenvalue weighted by atomic mass is 19.4. The lowest BCUT2D eigenvalue weighted by molar-refractivity contribution is -0.137. The average Bonchev–Trinajstić information content (AvgIpc) is 3.07. The molecule has 0 radical (unpaired) electrons. The van der Waals surface area contributed by atoms with Crippen molar-refractivity contribution in [3.05, 3.63) is 41.7 Å². The summed E-state index contributed by atoms with van der Waals surface area (Å²) >= 11 is 0. The highest BCUT2D eigenvalue weighted by molar-refractivity contribution is 6.03. The molecule has 1 N–H and O–H groups in total. The number of carbonyl (C=O) groups excluding carboxylic acids is 1. The van der Waals surface area contributed by atoms with Crippen molar-refractivity contribution in [1.29, 1.82) is 0 Å². The van der Waals surface area contributed by atoms with E-state index in [2.05, 4.69) is 27.1 Å². The summed E-state index contributed by atoms with van der Waals surface area (Å²) in [5, 5.41) is 2.65. The molecule has 4 rings (SSSR count). The lowest BCUT2D eigenvalue weighted by Gasteiger charge is -2.36. The third-order valence-corrected chi connectivity index (χ3v) is 5.05. The predicted octanol–water partition coefficient (Wildman–Crippen LogP) is 2.84. The van der Waals surface area contributed by atoms with Crippen LogP contribution in [0.25, 0.3) is 0 Å². The van der Waals surface area contributed by atoms with E-state index in [1.54, 1.807) is 11.2 Å². The standard InChI is InChI=1S/C19H21F3N6O/c1-13-11-28-12-23-16(10-17(28)24-13)26-6-8-27(9-7-26)18(29)25-15-4-2-14(3-5-15)19(20,21)22/h2-5,10,12-13H,6-9,11H2,1H3,(H,25,29). The molecule has 0 aliphatic carbocycles. The summed E-state index contributed by atoms with van der Waals surface area (Å²) in [4.78, 5) is 27.2. The number of nitrogens with one attached hydrogen (secondary N) is 1. The average molecular weight is 406 g/mol. The molecule has 0 saturated carbocycles. The Balaban J connectivity index is 1.32. The van der Waals surface area contributed by atoms with Gasteiger partial charge in [-0.05, 0) is 31.2 Å². The maximum atomic E-state index is 12.6. The number of nitrogens with zero attached hydrogens (tertiary/aromatic N) is 5. The van der Waals surface area contributed by atoms with Crippen molar-refractivity contribution in [2.45, 2.75) is 19.1 Å². The SMILES string of the molecule is CC1CN2C=NC(N3CCN(C(=O)Nc4ccc(C(F)(F)F)cc4)CC3)=CC2=N1. The summed E-state index contributed by atoms with van der Waals surface area (Å²) in [6.45, 7) is 5.11. The number of halogens is 3. The van der Waals surface area contributed by atoms with Crippen LogP contribution < -0.4 is 5.32 Å². The summed E-state index contributed by atoms with van der Waals surface area (Å²) in [5.41, 5.74) is -0.413. The highest BCUT2D eigenvalue weighted by Gasteiger charge is 2.30. The minimum atomic E-state index is -4.39. The molecule has 1 unspecified atom stereocenters. The first-order valence-electron chi connectivity index (χ1n) is 9.38. The Labute approximate surface area is 166 Å². The zero-order valence-electron chi connectivity index (χ0n) is 15.9. The molecular weight excluding hydrogens is 385 g/mol. The van der Waals surface area contributed by atoms with Crippen molar-refractivity contribution >= 4 is 23.9 Å². The van der Waals surface area contributed by atoms with E-state index in [9.17, 15) is 18.0 Å². The van der Waals surface area contributed by atoms with Crippen LogP contribution in [0.15, 0.2) is 46.1 Å². The van der Waals surface area contributed by atoms with Gasteiger partial charge in [0.05, 0.1) is 17.9 Å². The Hall–Kier alpha value is -3.04. The minimum Gasteiger partial charge on any atom is -0.353 e. The van der Waals surface area contributed by atoms with Crippen molar-refractivity contribution in [3.63, 3.8) is 0 Å². The summed E-state index contributed by atoms with van der Waals surface area (Å²) in [6.07, 6.45) is -0.642. The number of hydrogen-bond acceptors (Lipinski definition) is 5. The van der Waals surface area contributed by atoms with Gasteiger partial charge in [-0.3, -0.25) is 4.99 Å². The molecule has 3 heterocycles. The number of amidine groups is 1. The molecule has 29 heavy (non-hydrogen) atoms. The summed E-state index contributed by atoms with van der Waals surface area (Å²) in [7, 11) is 0. The van der Waals surface area contributed by atoms with Gasteiger partial charge in [0.2, 0.25) is 0 Å². The molecule has 1 saturated heterocycles. The number of anilines is 1. The van der Waals surface area contributed by atoms with Crippen LogP contribution in [-0.4, -0.2) is 71.7 Å². The molecule has 1 aromatic carbocycles. The Morgan fingerprint density at radius 3 is 2.48 bits per heavy atom. The van der Waals surface area contributed by atoms with E-state index in [0.29, 0.717) is 31.9 Å². The van der Waals surface area contributed by atoms with E-state index in [-0.39, 0.29) is 12.1 Å². The third-order valence-electron chi connectivity index (χ3n) is 5.05. The quantitative estimate of drug-likeness (QED) is 0.822. The number of rotatable bonds is 2. The van der Waals surface area contributed by atoms with E-state index >= 15 is 0 Å². The van der Waals surface area contributed by atoms with Crippen LogP contribution in [0.2, 0.25) is 0 Å². The lowest BCUT2D eigenvalue weighted by Crippen LogP contribution is -2.49. The van der Waals surface area contributed by atoms with Crippen molar-refractivity contribution < 1.29 is 18.0 Å². The van der Waals surface area contributed by atoms with Gasteiger partial charge in [0.1, 0.15) is 11.7 Å². The van der Waals surface area contributed by atoms with E-state index in [4.69, 9.17) is 0 Å². The molecule has 7 nitrogen and oxygen atoms in total. The molecule has 0 bridgehead atoms. The molecule has 0 aromatic heterocycles. The first kappa shape index (κ1) is 19.3. The molecule has 154 valence electrons. The Morgan fingerprint density at radius 1 is 1.14 bits per heavy atom. The van der Waals surface area contributed by atoms with Crippen LogP contribution >= 0.6 is 0 Å². The third kappa shape index (κ3) is 4.20. The highest BCUT2D eigenvalue weighted by Crippen LogP contribution is 2.30. The fourth-order valence-corrected chi connectivity index (χ4v) is 3.48. The van der Waals surface area contributed by atoms with Crippen molar-refractivity contribution in [2.75, 3.05) is 38.0 Å². The molecule has 3 aliphatic heterocycles. The fourth-order valence-electron chi connectivity index (χ4n) is 3.48. The van der Waals surface area contributed by atoms with Crippen molar-refractivity contribution in [2.24, 2.45) is 9.98 Å². The van der Waals surface area contributed by atoms with Crippen LogP contribution in [0.1, 0.15) is 12.5 Å². The number of benzene rings is 1. The Kier molecular flexibility index (Phi) is 4.93. The number of urea groups is 1. The van der Waals surface area contributed by atoms with Gasteiger partial charge in [0, 0.05) is 44.5 Å². The number of fused-ring (bicyclic) bond motifs is 1. The van der Waals surface area contributed by atoms with E-state index in [0.717, 1.165) is 30.3 Å². The van der Waals surface area contributed by atoms with Gasteiger partial charge >= 0.3 is 12.2 Å². The Bertz CT molecular complexity index is 869. The second kappa shape index (κ2) is 7.41. The number of carbonyl (C=O) groups is 1. The number of amides is 2. The van der Waals surface area contributed by atoms with Crippen LogP contribution in [0.4, 0.5) is 23.7 Å². The Morgan fingerprint density at radius 2 is 1.83 bits per heavy atom. The molecule has 10 heteroatoms. The first-order valence-corrected chi connectivity index (χ1v) is 9.38. The number of piperazine rings is 1. The molecular formula is C19H21F3N6O. The second-order valence-electron chi connectivity index (χ2n) is 7.22. The topological polar surface area (TPSA) is 63.5 Å². The van der Waals surface area contributed by atoms with Crippen molar-refractivity contribution in [3.8, 4) is 0 Å². The van der Waals surface area contributed by atoms with E-state index in [1.165, 1.54) is 12.1 Å². The normalized spacial score (nSPS) is 21.7. The van der Waals surface area contributed by atoms with Gasteiger partial charge < -0.3 is 20.0 Å². The van der Waals surface area contributed by atoms with Gasteiger partial charge in [0.25, 0.3) is 0 Å². The largest absolute Gasteiger partial charge is 0.416 e. The molecule has 1 atom stereocenters. The van der Waals surface area contributed by atoms with Crippen LogP contribution in [-0.2, 0) is 6.18 Å². The van der Waals surface area contributed by atoms with Crippen LogP contribution in [0, 0.1) is 0 Å². The maximum absolute atomic E-state index is 12.6. The lowest BCUT2D eigenvalue weighted by atomic mass is 10.2. The summed E-state index contributed by atoms with van der Waals surface area (Å²) < 4.78 is 37.9. The monoisotopic (exact) mass is 406 g/mol. The zero-order valence-corrected chi connectivity index (χ0v) is 15.9. The first-order chi connectivity index (χ1) is 13.8. The molecule has 1 fully saturated rings. The van der Waals surface area contributed by atoms with Crippen LogP contribution in [0.5, 0.6) is 0 Å². The number of alkyl halides is 3. The van der Waals surface area contributed by atoms with Gasteiger partial charge in [0.15, 0.2) is 0 Å². The van der Waals surface area contributed by atoms with Crippen molar-refractivity contribution in [1.82, 2.24) is 14.7 Å². The minimum absolute atomic E-state index is 0.248. The molecule has 3 aliphatic rings. The number of aliphatic imine (C=N–C) groups is 2. The van der Waals surface area contributed by atoms with Gasteiger partial charge in [-0.1, -0.05) is 0 Å². The molecule has 2 amide bonds. The molecule has 0 spiro atoms. The van der Waals surface area contributed by atoms with Crippen LogP contribution in [0.3, 0.4) is 0 Å². The number of hydrogen-bond donors (Lipinski definition) is 1. The fraction of sp³-hybridized carbons (Fsp3) is 0.421. The van der Waals surface area contributed by atoms with E-state index in [1.807, 2.05) is 11.0 Å². The zero-order chi connectivity index (χ0) is 20.6. The van der Waals surface area contributed by atoms with Gasteiger partial charge in [-0.25, -0.2) is 9.79 Å². The maximum Gasteiger partial charge on any atom is 0.416 e.